The Bertz CT molecular complexity index is 363. The van der Waals surface area contributed by atoms with E-state index < -0.39 is 5.91 Å². The highest BCUT2D eigenvalue weighted by atomic mass is 16.4. The molecular formula is C10H19N5O2. The molecule has 7 heteroatoms. The SMILES string of the molecule is CCNCc1nnc(N(CC(N)=O)C(C)C)o1. The normalized spacial score (nSPS) is 10.8. The molecule has 1 heterocycles. The smallest absolute Gasteiger partial charge is 0.318 e. The summed E-state index contributed by atoms with van der Waals surface area (Å²) in [5, 5.41) is 10.9. The second kappa shape index (κ2) is 6.19. The zero-order chi connectivity index (χ0) is 12.8. The van der Waals surface area contributed by atoms with Crippen LogP contribution in [0.3, 0.4) is 0 Å². The average molecular weight is 241 g/mol. The van der Waals surface area contributed by atoms with Crippen LogP contribution in [0.15, 0.2) is 4.42 Å². The summed E-state index contributed by atoms with van der Waals surface area (Å²) in [5.74, 6) is 0.0714. The highest BCUT2D eigenvalue weighted by Gasteiger charge is 2.19. The van der Waals surface area contributed by atoms with Crippen molar-refractivity contribution in [1.29, 1.82) is 0 Å². The molecule has 0 aliphatic heterocycles. The lowest BCUT2D eigenvalue weighted by molar-refractivity contribution is -0.116. The molecule has 0 bridgehead atoms. The van der Waals surface area contributed by atoms with E-state index in [2.05, 4.69) is 15.5 Å². The first-order chi connectivity index (χ1) is 8.04. The fourth-order valence-electron chi connectivity index (χ4n) is 1.30. The number of primary amides is 1. The summed E-state index contributed by atoms with van der Waals surface area (Å²) in [5.41, 5.74) is 5.17. The zero-order valence-corrected chi connectivity index (χ0v) is 10.4. The highest BCUT2D eigenvalue weighted by molar-refractivity contribution is 5.78. The Morgan fingerprint density at radius 1 is 1.53 bits per heavy atom. The minimum atomic E-state index is -0.426. The molecule has 3 N–H and O–H groups in total. The number of rotatable bonds is 7. The summed E-state index contributed by atoms with van der Waals surface area (Å²) in [7, 11) is 0. The molecule has 1 aromatic heterocycles. The van der Waals surface area contributed by atoms with Gasteiger partial charge in [-0.05, 0) is 20.4 Å². The number of amides is 1. The topological polar surface area (TPSA) is 97.3 Å². The minimum Gasteiger partial charge on any atom is -0.407 e. The largest absolute Gasteiger partial charge is 0.407 e. The summed E-state index contributed by atoms with van der Waals surface area (Å²) < 4.78 is 5.44. The predicted molar refractivity (Wildman–Crippen MR) is 63.4 cm³/mol. The number of nitrogens with two attached hydrogens (primary N) is 1. The number of carbonyl (C=O) groups excluding carboxylic acids is 1. The maximum Gasteiger partial charge on any atom is 0.318 e. The zero-order valence-electron chi connectivity index (χ0n) is 10.4. The maximum absolute atomic E-state index is 10.9. The van der Waals surface area contributed by atoms with Crippen LogP contribution in [0.4, 0.5) is 6.01 Å². The Labute approximate surface area is 100 Å². The van der Waals surface area contributed by atoms with Crippen molar-refractivity contribution in [3.8, 4) is 0 Å². The van der Waals surface area contributed by atoms with Crippen LogP contribution in [0.25, 0.3) is 0 Å². The molecule has 0 radical (unpaired) electrons. The van der Waals surface area contributed by atoms with Crippen molar-refractivity contribution in [3.05, 3.63) is 5.89 Å². The van der Waals surface area contributed by atoms with Gasteiger partial charge in [0, 0.05) is 6.04 Å². The van der Waals surface area contributed by atoms with Gasteiger partial charge in [0.15, 0.2) is 0 Å². The summed E-state index contributed by atoms with van der Waals surface area (Å²) in [6.07, 6.45) is 0. The van der Waals surface area contributed by atoms with Crippen LogP contribution in [0.1, 0.15) is 26.7 Å². The third-order valence-electron chi connectivity index (χ3n) is 2.18. The second-order valence-electron chi connectivity index (χ2n) is 3.95. The molecule has 0 spiro atoms. The fraction of sp³-hybridized carbons (Fsp3) is 0.700. The number of hydrogen-bond donors (Lipinski definition) is 2. The number of anilines is 1. The van der Waals surface area contributed by atoms with Crippen LogP contribution in [0.2, 0.25) is 0 Å². The van der Waals surface area contributed by atoms with Crippen molar-refractivity contribution in [2.75, 3.05) is 18.0 Å². The Morgan fingerprint density at radius 3 is 2.76 bits per heavy atom. The lowest BCUT2D eigenvalue weighted by Crippen LogP contribution is -2.38. The van der Waals surface area contributed by atoms with Gasteiger partial charge in [-0.15, -0.1) is 5.10 Å². The molecule has 0 aliphatic carbocycles. The molecule has 0 fully saturated rings. The van der Waals surface area contributed by atoms with E-state index in [-0.39, 0.29) is 12.6 Å². The standard InChI is InChI=1S/C10H19N5O2/c1-4-12-5-9-13-14-10(17-9)15(7(2)3)6-8(11)16/h7,12H,4-6H2,1-3H3,(H2,11,16). The number of nitrogens with one attached hydrogen (secondary N) is 1. The lowest BCUT2D eigenvalue weighted by Gasteiger charge is -2.22. The first-order valence-electron chi connectivity index (χ1n) is 5.62. The maximum atomic E-state index is 10.9. The van der Waals surface area contributed by atoms with Gasteiger partial charge < -0.3 is 20.4 Å². The van der Waals surface area contributed by atoms with E-state index in [4.69, 9.17) is 10.2 Å². The van der Waals surface area contributed by atoms with Gasteiger partial charge in [0.2, 0.25) is 11.8 Å². The molecule has 0 saturated carbocycles. The van der Waals surface area contributed by atoms with E-state index >= 15 is 0 Å². The van der Waals surface area contributed by atoms with Gasteiger partial charge in [0.1, 0.15) is 6.54 Å². The first kappa shape index (κ1) is 13.4. The van der Waals surface area contributed by atoms with E-state index in [9.17, 15) is 4.79 Å². The Morgan fingerprint density at radius 2 is 2.24 bits per heavy atom. The minimum absolute atomic E-state index is 0.0648. The van der Waals surface area contributed by atoms with Crippen molar-refractivity contribution >= 4 is 11.9 Å². The summed E-state index contributed by atoms with van der Waals surface area (Å²) in [4.78, 5) is 12.6. The molecule has 96 valence electrons. The molecule has 0 atom stereocenters. The molecular weight excluding hydrogens is 222 g/mol. The monoisotopic (exact) mass is 241 g/mol. The molecule has 1 aromatic rings. The third-order valence-corrected chi connectivity index (χ3v) is 2.18. The van der Waals surface area contributed by atoms with Crippen molar-refractivity contribution in [2.45, 2.75) is 33.4 Å². The number of carbonyl (C=O) groups is 1. The molecule has 1 amide bonds. The van der Waals surface area contributed by atoms with Gasteiger partial charge in [-0.2, -0.15) is 0 Å². The predicted octanol–water partition coefficient (Wildman–Crippen LogP) is -0.121. The average Bonchev–Trinajstić information content (AvgIpc) is 2.70. The van der Waals surface area contributed by atoms with E-state index in [1.165, 1.54) is 0 Å². The molecule has 0 unspecified atom stereocenters. The van der Waals surface area contributed by atoms with Gasteiger partial charge in [-0.1, -0.05) is 12.0 Å². The van der Waals surface area contributed by atoms with Crippen LogP contribution in [-0.2, 0) is 11.3 Å². The van der Waals surface area contributed by atoms with Gasteiger partial charge in [0.05, 0.1) is 6.54 Å². The third kappa shape index (κ3) is 4.03. The van der Waals surface area contributed by atoms with E-state index in [0.717, 1.165) is 6.54 Å². The van der Waals surface area contributed by atoms with Gasteiger partial charge in [0.25, 0.3) is 0 Å². The summed E-state index contributed by atoms with van der Waals surface area (Å²) in [6, 6.07) is 0.390. The quantitative estimate of drug-likeness (QED) is 0.690. The van der Waals surface area contributed by atoms with Crippen molar-refractivity contribution in [2.24, 2.45) is 5.73 Å². The Kier molecular flexibility index (Phi) is 4.89. The summed E-state index contributed by atoms with van der Waals surface area (Å²) in [6.45, 7) is 7.26. The highest BCUT2D eigenvalue weighted by Crippen LogP contribution is 2.14. The van der Waals surface area contributed by atoms with Crippen LogP contribution >= 0.6 is 0 Å². The summed E-state index contributed by atoms with van der Waals surface area (Å²) >= 11 is 0. The van der Waals surface area contributed by atoms with E-state index in [1.807, 2.05) is 20.8 Å². The van der Waals surface area contributed by atoms with E-state index in [1.54, 1.807) is 4.90 Å². The molecule has 7 nitrogen and oxygen atoms in total. The van der Waals surface area contributed by atoms with Crippen LogP contribution in [0, 0.1) is 0 Å². The lowest BCUT2D eigenvalue weighted by atomic mass is 10.3. The van der Waals surface area contributed by atoms with Crippen molar-refractivity contribution in [3.63, 3.8) is 0 Å². The Balaban J connectivity index is 2.73. The Hall–Kier alpha value is -1.63. The fourth-order valence-corrected chi connectivity index (χ4v) is 1.30. The second-order valence-corrected chi connectivity index (χ2v) is 3.95. The van der Waals surface area contributed by atoms with Crippen molar-refractivity contribution < 1.29 is 9.21 Å². The number of hydrogen-bond acceptors (Lipinski definition) is 6. The molecule has 0 aromatic carbocycles. The number of aromatic nitrogens is 2. The first-order valence-corrected chi connectivity index (χ1v) is 5.62. The van der Waals surface area contributed by atoms with Crippen LogP contribution < -0.4 is 16.0 Å². The van der Waals surface area contributed by atoms with E-state index in [0.29, 0.717) is 18.5 Å². The number of nitrogens with zero attached hydrogens (tertiary/aromatic N) is 3. The molecule has 0 aliphatic rings. The van der Waals surface area contributed by atoms with Gasteiger partial charge >= 0.3 is 6.01 Å². The van der Waals surface area contributed by atoms with Gasteiger partial charge in [-0.25, -0.2) is 0 Å². The molecule has 1 rings (SSSR count). The molecule has 17 heavy (non-hydrogen) atoms. The van der Waals surface area contributed by atoms with Crippen LogP contribution in [-0.4, -0.2) is 35.2 Å². The molecule has 0 saturated heterocycles. The van der Waals surface area contributed by atoms with Crippen LogP contribution in [0.5, 0.6) is 0 Å². The van der Waals surface area contributed by atoms with Gasteiger partial charge in [-0.3, -0.25) is 4.79 Å². The van der Waals surface area contributed by atoms with Crippen molar-refractivity contribution in [1.82, 2.24) is 15.5 Å².